The van der Waals surface area contributed by atoms with Gasteiger partial charge in [0.25, 0.3) is 5.56 Å². The first-order valence-electron chi connectivity index (χ1n) is 6.25. The standard InChI is InChI=1S/C14H18N4O/c1-5-10-6-9(2)13(19)17-12(10)11-7-15-14(16-8-11)18(3)4/h6-8H,5H2,1-4H3,(H,17,19). The Kier molecular flexibility index (Phi) is 3.64. The lowest BCUT2D eigenvalue weighted by Crippen LogP contribution is -2.14. The summed E-state index contributed by atoms with van der Waals surface area (Å²) in [6.45, 7) is 3.87. The van der Waals surface area contributed by atoms with Crippen molar-refractivity contribution in [3.8, 4) is 11.3 Å². The van der Waals surface area contributed by atoms with Gasteiger partial charge in [-0.1, -0.05) is 6.92 Å². The van der Waals surface area contributed by atoms with Crippen LogP contribution in [-0.2, 0) is 6.42 Å². The van der Waals surface area contributed by atoms with Gasteiger partial charge in [-0.3, -0.25) is 4.79 Å². The Bertz CT molecular complexity index is 629. The van der Waals surface area contributed by atoms with E-state index in [1.807, 2.05) is 32.0 Å². The van der Waals surface area contributed by atoms with Gasteiger partial charge in [0.1, 0.15) is 0 Å². The Morgan fingerprint density at radius 2 is 1.89 bits per heavy atom. The monoisotopic (exact) mass is 258 g/mol. The van der Waals surface area contributed by atoms with Crippen molar-refractivity contribution in [1.82, 2.24) is 15.0 Å². The van der Waals surface area contributed by atoms with Gasteiger partial charge in [-0.25, -0.2) is 9.97 Å². The van der Waals surface area contributed by atoms with Gasteiger partial charge in [0.15, 0.2) is 0 Å². The molecule has 0 aliphatic carbocycles. The van der Waals surface area contributed by atoms with E-state index < -0.39 is 0 Å². The number of nitrogens with zero attached hydrogens (tertiary/aromatic N) is 3. The molecular formula is C14H18N4O. The molecule has 0 aliphatic rings. The number of rotatable bonds is 3. The topological polar surface area (TPSA) is 61.9 Å². The van der Waals surface area contributed by atoms with Crippen LogP contribution in [0.3, 0.4) is 0 Å². The van der Waals surface area contributed by atoms with Crippen LogP contribution in [0.4, 0.5) is 5.95 Å². The number of hydrogen-bond acceptors (Lipinski definition) is 4. The van der Waals surface area contributed by atoms with Crippen molar-refractivity contribution < 1.29 is 0 Å². The third-order valence-corrected chi connectivity index (χ3v) is 3.02. The average molecular weight is 258 g/mol. The van der Waals surface area contributed by atoms with Gasteiger partial charge in [0, 0.05) is 37.6 Å². The van der Waals surface area contributed by atoms with Crippen molar-refractivity contribution in [1.29, 1.82) is 0 Å². The van der Waals surface area contributed by atoms with Gasteiger partial charge in [0.05, 0.1) is 5.69 Å². The number of nitrogens with one attached hydrogen (secondary N) is 1. The smallest absolute Gasteiger partial charge is 0.251 e. The van der Waals surface area contributed by atoms with E-state index in [0.717, 1.165) is 28.8 Å². The molecule has 0 bridgehead atoms. The minimum absolute atomic E-state index is 0.0658. The van der Waals surface area contributed by atoms with Crippen molar-refractivity contribution in [3.05, 3.63) is 39.9 Å². The highest BCUT2D eigenvalue weighted by atomic mass is 16.1. The van der Waals surface area contributed by atoms with Crippen LogP contribution in [0.2, 0.25) is 0 Å². The molecule has 1 N–H and O–H groups in total. The summed E-state index contributed by atoms with van der Waals surface area (Å²) in [5.74, 6) is 0.649. The first-order valence-corrected chi connectivity index (χ1v) is 6.25. The van der Waals surface area contributed by atoms with Crippen molar-refractivity contribution >= 4 is 5.95 Å². The zero-order chi connectivity index (χ0) is 14.0. The molecule has 0 spiro atoms. The second-order valence-corrected chi connectivity index (χ2v) is 4.70. The van der Waals surface area contributed by atoms with E-state index in [0.29, 0.717) is 5.95 Å². The molecule has 100 valence electrons. The van der Waals surface area contributed by atoms with E-state index in [9.17, 15) is 4.79 Å². The molecule has 5 nitrogen and oxygen atoms in total. The lowest BCUT2D eigenvalue weighted by Gasteiger charge is -2.11. The first kappa shape index (κ1) is 13.3. The van der Waals surface area contributed by atoms with Crippen molar-refractivity contribution in [2.45, 2.75) is 20.3 Å². The molecule has 0 aliphatic heterocycles. The Morgan fingerprint density at radius 3 is 2.42 bits per heavy atom. The molecule has 5 heteroatoms. The molecule has 0 atom stereocenters. The van der Waals surface area contributed by atoms with Crippen molar-refractivity contribution in [3.63, 3.8) is 0 Å². The van der Waals surface area contributed by atoms with Crippen LogP contribution in [-0.4, -0.2) is 29.0 Å². The lowest BCUT2D eigenvalue weighted by molar-refractivity contribution is 0.994. The molecule has 0 radical (unpaired) electrons. The highest BCUT2D eigenvalue weighted by molar-refractivity contribution is 5.62. The van der Waals surface area contributed by atoms with E-state index in [4.69, 9.17) is 0 Å². The Morgan fingerprint density at radius 1 is 1.26 bits per heavy atom. The number of H-pyrrole nitrogens is 1. The van der Waals surface area contributed by atoms with Crippen molar-refractivity contribution in [2.75, 3.05) is 19.0 Å². The maximum atomic E-state index is 11.8. The number of hydrogen-bond donors (Lipinski definition) is 1. The molecule has 0 saturated carbocycles. The van der Waals surface area contributed by atoms with Gasteiger partial charge >= 0.3 is 0 Å². The van der Waals surface area contributed by atoms with E-state index in [-0.39, 0.29) is 5.56 Å². The number of aromatic amines is 1. The van der Waals surface area contributed by atoms with Gasteiger partial charge in [-0.05, 0) is 25.0 Å². The summed E-state index contributed by atoms with van der Waals surface area (Å²) in [5.41, 5.74) is 3.40. The number of anilines is 1. The molecule has 2 rings (SSSR count). The summed E-state index contributed by atoms with van der Waals surface area (Å²) in [7, 11) is 3.78. The van der Waals surface area contributed by atoms with E-state index in [2.05, 4.69) is 21.9 Å². The van der Waals surface area contributed by atoms with Crippen LogP contribution < -0.4 is 10.5 Å². The molecular weight excluding hydrogens is 240 g/mol. The summed E-state index contributed by atoms with van der Waals surface area (Å²) >= 11 is 0. The number of aromatic nitrogens is 3. The summed E-state index contributed by atoms with van der Waals surface area (Å²) in [5, 5.41) is 0. The van der Waals surface area contributed by atoms with Crippen LogP contribution in [0.1, 0.15) is 18.1 Å². The fourth-order valence-electron chi connectivity index (χ4n) is 1.91. The minimum atomic E-state index is -0.0658. The molecule has 0 amide bonds. The van der Waals surface area contributed by atoms with Crippen LogP contribution in [0.5, 0.6) is 0 Å². The summed E-state index contributed by atoms with van der Waals surface area (Å²) in [6, 6.07) is 1.92. The van der Waals surface area contributed by atoms with Gasteiger partial charge in [-0.2, -0.15) is 0 Å². The van der Waals surface area contributed by atoms with Crippen LogP contribution in [0.15, 0.2) is 23.3 Å². The fourth-order valence-corrected chi connectivity index (χ4v) is 1.91. The lowest BCUT2D eigenvalue weighted by atomic mass is 10.0. The average Bonchev–Trinajstić information content (AvgIpc) is 2.41. The maximum absolute atomic E-state index is 11.8. The summed E-state index contributed by atoms with van der Waals surface area (Å²) in [6.07, 6.45) is 4.33. The third kappa shape index (κ3) is 2.65. The van der Waals surface area contributed by atoms with Gasteiger partial charge in [-0.15, -0.1) is 0 Å². The molecule has 0 saturated heterocycles. The molecule has 0 aromatic carbocycles. The van der Waals surface area contributed by atoms with Gasteiger partial charge < -0.3 is 9.88 Å². The Hall–Kier alpha value is -2.17. The number of aryl methyl sites for hydroxylation is 2. The maximum Gasteiger partial charge on any atom is 0.251 e. The predicted molar refractivity (Wildman–Crippen MR) is 76.5 cm³/mol. The molecule has 2 heterocycles. The largest absolute Gasteiger partial charge is 0.347 e. The van der Waals surface area contributed by atoms with E-state index >= 15 is 0 Å². The van der Waals surface area contributed by atoms with Gasteiger partial charge in [0.2, 0.25) is 5.95 Å². The fraction of sp³-hybridized carbons (Fsp3) is 0.357. The van der Waals surface area contributed by atoms with E-state index in [1.54, 1.807) is 12.4 Å². The zero-order valence-electron chi connectivity index (χ0n) is 11.7. The first-order chi connectivity index (χ1) is 9.02. The molecule has 0 fully saturated rings. The highest BCUT2D eigenvalue weighted by Crippen LogP contribution is 2.20. The Labute approximate surface area is 112 Å². The normalized spacial score (nSPS) is 10.5. The predicted octanol–water partition coefficient (Wildman–Crippen LogP) is 1.77. The highest BCUT2D eigenvalue weighted by Gasteiger charge is 2.09. The Balaban J connectivity index is 2.52. The zero-order valence-corrected chi connectivity index (χ0v) is 11.7. The van der Waals surface area contributed by atoms with Crippen LogP contribution in [0.25, 0.3) is 11.3 Å². The molecule has 0 unspecified atom stereocenters. The van der Waals surface area contributed by atoms with E-state index in [1.165, 1.54) is 0 Å². The summed E-state index contributed by atoms with van der Waals surface area (Å²) in [4.78, 5) is 25.0. The van der Waals surface area contributed by atoms with Crippen LogP contribution >= 0.6 is 0 Å². The molecule has 2 aromatic rings. The number of pyridine rings is 1. The quantitative estimate of drug-likeness (QED) is 0.911. The second kappa shape index (κ2) is 5.22. The third-order valence-electron chi connectivity index (χ3n) is 3.02. The minimum Gasteiger partial charge on any atom is -0.347 e. The second-order valence-electron chi connectivity index (χ2n) is 4.70. The summed E-state index contributed by atoms with van der Waals surface area (Å²) < 4.78 is 0. The molecule has 2 aromatic heterocycles. The van der Waals surface area contributed by atoms with Crippen LogP contribution in [0, 0.1) is 6.92 Å². The van der Waals surface area contributed by atoms with Crippen molar-refractivity contribution in [2.24, 2.45) is 0 Å². The molecule has 19 heavy (non-hydrogen) atoms. The SMILES string of the molecule is CCc1cc(C)c(=O)[nH]c1-c1cnc(N(C)C)nc1.